The molecule has 0 bridgehead atoms. The first-order valence-electron chi connectivity index (χ1n) is 5.03. The zero-order valence-corrected chi connectivity index (χ0v) is 9.05. The van der Waals surface area contributed by atoms with Crippen LogP contribution in [0.4, 0.5) is 0 Å². The Morgan fingerprint density at radius 1 is 1.38 bits per heavy atom. The van der Waals surface area contributed by atoms with Crippen molar-refractivity contribution in [1.82, 2.24) is 5.32 Å². The van der Waals surface area contributed by atoms with Gasteiger partial charge >= 0.3 is 0 Å². The molecule has 0 radical (unpaired) electrons. The molecular formula is C10H23NO2. The zero-order chi connectivity index (χ0) is 10.1. The lowest BCUT2D eigenvalue weighted by Gasteiger charge is -2.17. The molecule has 0 aliphatic rings. The molecule has 0 spiro atoms. The van der Waals surface area contributed by atoms with Gasteiger partial charge in [-0.3, -0.25) is 0 Å². The van der Waals surface area contributed by atoms with Gasteiger partial charge in [0.25, 0.3) is 0 Å². The summed E-state index contributed by atoms with van der Waals surface area (Å²) in [6.45, 7) is 6.27. The molecule has 0 aliphatic heterocycles. The maximum absolute atomic E-state index is 9.04. The first kappa shape index (κ1) is 12.9. The van der Waals surface area contributed by atoms with E-state index in [2.05, 4.69) is 19.2 Å². The van der Waals surface area contributed by atoms with E-state index in [1.165, 1.54) is 0 Å². The van der Waals surface area contributed by atoms with Crippen LogP contribution >= 0.6 is 0 Å². The minimum absolute atomic E-state index is 0.227. The average Bonchev–Trinajstić information content (AvgIpc) is 2.09. The van der Waals surface area contributed by atoms with Crippen molar-refractivity contribution < 1.29 is 9.84 Å². The third-order valence-electron chi connectivity index (χ3n) is 1.93. The number of nitrogens with one attached hydrogen (secondary N) is 1. The van der Waals surface area contributed by atoms with Crippen LogP contribution in [0.2, 0.25) is 0 Å². The van der Waals surface area contributed by atoms with Crippen LogP contribution in [0.1, 0.15) is 26.7 Å². The highest BCUT2D eigenvalue weighted by atomic mass is 16.5. The molecule has 1 unspecified atom stereocenters. The molecule has 0 aromatic heterocycles. The SMILES string of the molecule is COCCCNC(CO)CC(C)C. The monoisotopic (exact) mass is 189 g/mol. The summed E-state index contributed by atoms with van der Waals surface area (Å²) in [5.74, 6) is 0.632. The Balaban J connectivity index is 3.36. The first-order valence-corrected chi connectivity index (χ1v) is 5.03. The second-order valence-electron chi connectivity index (χ2n) is 3.81. The fourth-order valence-corrected chi connectivity index (χ4v) is 1.31. The lowest BCUT2D eigenvalue weighted by molar-refractivity contribution is 0.185. The molecule has 0 heterocycles. The summed E-state index contributed by atoms with van der Waals surface area (Å²) in [7, 11) is 1.71. The molecule has 0 amide bonds. The summed E-state index contributed by atoms with van der Waals surface area (Å²) >= 11 is 0. The molecule has 0 rings (SSSR count). The van der Waals surface area contributed by atoms with Gasteiger partial charge in [-0.05, 0) is 25.3 Å². The molecule has 0 aliphatic carbocycles. The number of hydrogen-bond acceptors (Lipinski definition) is 3. The van der Waals surface area contributed by atoms with Crippen molar-refractivity contribution in [3.63, 3.8) is 0 Å². The third kappa shape index (κ3) is 8.22. The van der Waals surface area contributed by atoms with Crippen LogP contribution in [0.25, 0.3) is 0 Å². The Hall–Kier alpha value is -0.120. The standard InChI is InChI=1S/C10H23NO2/c1-9(2)7-10(8-12)11-5-4-6-13-3/h9-12H,4-8H2,1-3H3. The summed E-state index contributed by atoms with van der Waals surface area (Å²) in [6, 6.07) is 0.247. The van der Waals surface area contributed by atoms with Crippen molar-refractivity contribution in [1.29, 1.82) is 0 Å². The lowest BCUT2D eigenvalue weighted by atomic mass is 10.0. The topological polar surface area (TPSA) is 41.5 Å². The van der Waals surface area contributed by atoms with Gasteiger partial charge in [-0.25, -0.2) is 0 Å². The van der Waals surface area contributed by atoms with Crippen LogP contribution in [-0.2, 0) is 4.74 Å². The minimum atomic E-state index is 0.227. The second-order valence-corrected chi connectivity index (χ2v) is 3.81. The molecule has 0 saturated heterocycles. The maximum atomic E-state index is 9.04. The van der Waals surface area contributed by atoms with Crippen molar-refractivity contribution >= 4 is 0 Å². The van der Waals surface area contributed by atoms with Crippen LogP contribution in [0.5, 0.6) is 0 Å². The number of methoxy groups -OCH3 is 1. The highest BCUT2D eigenvalue weighted by molar-refractivity contribution is 4.66. The molecule has 1 atom stereocenters. The van der Waals surface area contributed by atoms with E-state index >= 15 is 0 Å². The highest BCUT2D eigenvalue weighted by Gasteiger charge is 2.07. The van der Waals surface area contributed by atoms with E-state index in [1.54, 1.807) is 7.11 Å². The van der Waals surface area contributed by atoms with Crippen LogP contribution < -0.4 is 5.32 Å². The Morgan fingerprint density at radius 3 is 2.54 bits per heavy atom. The molecule has 0 aromatic rings. The first-order chi connectivity index (χ1) is 6.20. The van der Waals surface area contributed by atoms with Crippen LogP contribution in [0, 0.1) is 5.92 Å². The van der Waals surface area contributed by atoms with Crippen molar-refractivity contribution in [2.24, 2.45) is 5.92 Å². The van der Waals surface area contributed by atoms with Crippen LogP contribution in [0.3, 0.4) is 0 Å². The number of aliphatic hydroxyl groups excluding tert-OH is 1. The Labute approximate surface area is 81.5 Å². The maximum Gasteiger partial charge on any atom is 0.0584 e. The predicted octanol–water partition coefficient (Wildman–Crippen LogP) is 1.02. The van der Waals surface area contributed by atoms with E-state index in [0.717, 1.165) is 26.0 Å². The lowest BCUT2D eigenvalue weighted by Crippen LogP contribution is -2.34. The van der Waals surface area contributed by atoms with Gasteiger partial charge in [-0.15, -0.1) is 0 Å². The normalized spacial score (nSPS) is 13.6. The zero-order valence-electron chi connectivity index (χ0n) is 9.05. The van der Waals surface area contributed by atoms with Crippen molar-refractivity contribution in [3.05, 3.63) is 0 Å². The van der Waals surface area contributed by atoms with Gasteiger partial charge in [-0.2, -0.15) is 0 Å². The Bertz CT molecular complexity index is 107. The summed E-state index contributed by atoms with van der Waals surface area (Å²) in [4.78, 5) is 0. The van der Waals surface area contributed by atoms with Crippen LogP contribution in [0.15, 0.2) is 0 Å². The van der Waals surface area contributed by atoms with E-state index in [0.29, 0.717) is 5.92 Å². The summed E-state index contributed by atoms with van der Waals surface area (Å²) in [5, 5.41) is 12.3. The molecular weight excluding hydrogens is 166 g/mol. The quantitative estimate of drug-likeness (QED) is 0.560. The number of aliphatic hydroxyl groups is 1. The number of rotatable bonds is 8. The van der Waals surface area contributed by atoms with E-state index in [9.17, 15) is 0 Å². The van der Waals surface area contributed by atoms with E-state index in [4.69, 9.17) is 9.84 Å². The van der Waals surface area contributed by atoms with Crippen molar-refractivity contribution in [3.8, 4) is 0 Å². The van der Waals surface area contributed by atoms with E-state index in [1.807, 2.05) is 0 Å². The Kier molecular flexibility index (Phi) is 8.40. The highest BCUT2D eigenvalue weighted by Crippen LogP contribution is 2.03. The number of ether oxygens (including phenoxy) is 1. The molecule has 80 valence electrons. The second kappa shape index (κ2) is 8.48. The van der Waals surface area contributed by atoms with E-state index in [-0.39, 0.29) is 12.6 Å². The fourth-order valence-electron chi connectivity index (χ4n) is 1.31. The summed E-state index contributed by atoms with van der Waals surface area (Å²) in [6.07, 6.45) is 2.04. The molecule has 2 N–H and O–H groups in total. The molecule has 0 fully saturated rings. The van der Waals surface area contributed by atoms with Gasteiger partial charge in [0.1, 0.15) is 0 Å². The summed E-state index contributed by atoms with van der Waals surface area (Å²) < 4.78 is 4.94. The van der Waals surface area contributed by atoms with Gasteiger partial charge in [-0.1, -0.05) is 13.8 Å². The Morgan fingerprint density at radius 2 is 2.08 bits per heavy atom. The van der Waals surface area contributed by atoms with Gasteiger partial charge in [0.2, 0.25) is 0 Å². The largest absolute Gasteiger partial charge is 0.395 e. The van der Waals surface area contributed by atoms with Gasteiger partial charge in [0, 0.05) is 19.8 Å². The smallest absolute Gasteiger partial charge is 0.0584 e. The van der Waals surface area contributed by atoms with E-state index < -0.39 is 0 Å². The minimum Gasteiger partial charge on any atom is -0.395 e. The number of hydrogen-bond donors (Lipinski definition) is 2. The van der Waals surface area contributed by atoms with Gasteiger partial charge < -0.3 is 15.2 Å². The third-order valence-corrected chi connectivity index (χ3v) is 1.93. The molecule has 3 nitrogen and oxygen atoms in total. The van der Waals surface area contributed by atoms with Crippen molar-refractivity contribution in [2.75, 3.05) is 26.9 Å². The van der Waals surface area contributed by atoms with Gasteiger partial charge in [0.15, 0.2) is 0 Å². The molecule has 3 heteroatoms. The van der Waals surface area contributed by atoms with Crippen molar-refractivity contribution in [2.45, 2.75) is 32.7 Å². The predicted molar refractivity (Wildman–Crippen MR) is 54.8 cm³/mol. The molecule has 0 aromatic carbocycles. The molecule has 13 heavy (non-hydrogen) atoms. The average molecular weight is 189 g/mol. The van der Waals surface area contributed by atoms with Crippen LogP contribution in [-0.4, -0.2) is 38.0 Å². The van der Waals surface area contributed by atoms with Gasteiger partial charge in [0.05, 0.1) is 6.61 Å². The summed E-state index contributed by atoms with van der Waals surface area (Å²) in [5.41, 5.74) is 0. The molecule has 0 saturated carbocycles. The fraction of sp³-hybridized carbons (Fsp3) is 1.00.